The highest BCUT2D eigenvalue weighted by Gasteiger charge is 2.27. The van der Waals surface area contributed by atoms with Crippen molar-refractivity contribution >= 4 is 15.9 Å². The molecule has 1 amide bonds. The Balaban J connectivity index is 1.56. The van der Waals surface area contributed by atoms with E-state index in [4.69, 9.17) is 9.47 Å². The average molecular weight is 447 g/mol. The van der Waals surface area contributed by atoms with Gasteiger partial charge in [0.05, 0.1) is 25.5 Å². The zero-order chi connectivity index (χ0) is 22.6. The quantitative estimate of drug-likeness (QED) is 0.707. The number of ether oxygens (including phenoxy) is 2. The number of piperidine rings is 1. The van der Waals surface area contributed by atoms with E-state index in [1.165, 1.54) is 0 Å². The SMILES string of the molecule is COc1ccc(CC(=O)N2CCC(NS(=O)(=O)c3ccc(C)c(C)c3)CC2)cc1OC. The number of sulfonamides is 1. The van der Waals surface area contributed by atoms with E-state index in [1.807, 2.05) is 26.0 Å². The summed E-state index contributed by atoms with van der Waals surface area (Å²) in [5, 5.41) is 0. The molecule has 168 valence electrons. The molecule has 0 spiro atoms. The summed E-state index contributed by atoms with van der Waals surface area (Å²) in [5.41, 5.74) is 2.85. The lowest BCUT2D eigenvalue weighted by Gasteiger charge is -2.32. The Labute approximate surface area is 184 Å². The molecule has 0 saturated carbocycles. The van der Waals surface area contributed by atoms with Crippen molar-refractivity contribution in [3.05, 3.63) is 53.1 Å². The van der Waals surface area contributed by atoms with Crippen molar-refractivity contribution < 1.29 is 22.7 Å². The molecule has 0 aromatic heterocycles. The third-order valence-electron chi connectivity index (χ3n) is 5.76. The molecule has 8 heteroatoms. The Morgan fingerprint density at radius 3 is 2.29 bits per heavy atom. The van der Waals surface area contributed by atoms with E-state index in [0.717, 1.165) is 16.7 Å². The standard InChI is InChI=1S/C23H30N2O5S/c1-16-5-7-20(13-17(16)2)31(27,28)24-19-9-11-25(12-10-19)23(26)15-18-6-8-21(29-3)22(14-18)30-4/h5-8,13-14,19,24H,9-12,15H2,1-4H3. The van der Waals surface area contributed by atoms with Crippen molar-refractivity contribution in [1.82, 2.24) is 9.62 Å². The van der Waals surface area contributed by atoms with Gasteiger partial charge < -0.3 is 14.4 Å². The Morgan fingerprint density at radius 1 is 1.00 bits per heavy atom. The molecule has 1 fully saturated rings. The van der Waals surface area contributed by atoms with Crippen molar-refractivity contribution in [1.29, 1.82) is 0 Å². The summed E-state index contributed by atoms with van der Waals surface area (Å²) in [6, 6.07) is 10.4. The minimum absolute atomic E-state index is 0.0164. The number of likely N-dealkylation sites (tertiary alicyclic amines) is 1. The number of carbonyl (C=O) groups is 1. The molecule has 3 rings (SSSR count). The lowest BCUT2D eigenvalue weighted by atomic mass is 10.0. The summed E-state index contributed by atoms with van der Waals surface area (Å²) < 4.78 is 38.8. The molecule has 0 atom stereocenters. The van der Waals surface area contributed by atoms with Gasteiger partial charge in [-0.2, -0.15) is 0 Å². The van der Waals surface area contributed by atoms with Crippen molar-refractivity contribution in [2.45, 2.75) is 44.0 Å². The van der Waals surface area contributed by atoms with Crippen LogP contribution in [0.4, 0.5) is 0 Å². The number of aryl methyl sites for hydroxylation is 2. The zero-order valence-electron chi connectivity index (χ0n) is 18.5. The molecule has 1 saturated heterocycles. The second-order valence-electron chi connectivity index (χ2n) is 7.89. The smallest absolute Gasteiger partial charge is 0.240 e. The number of nitrogens with zero attached hydrogens (tertiary/aromatic N) is 1. The number of rotatable bonds is 7. The Kier molecular flexibility index (Phi) is 7.23. The van der Waals surface area contributed by atoms with Crippen LogP contribution in [0.3, 0.4) is 0 Å². The molecule has 1 heterocycles. The first-order chi connectivity index (χ1) is 14.7. The lowest BCUT2D eigenvalue weighted by molar-refractivity contribution is -0.131. The van der Waals surface area contributed by atoms with E-state index in [1.54, 1.807) is 43.4 Å². The summed E-state index contributed by atoms with van der Waals surface area (Å²) in [5.74, 6) is 1.23. The van der Waals surface area contributed by atoms with Crippen LogP contribution in [0.15, 0.2) is 41.3 Å². The maximum absolute atomic E-state index is 12.7. The molecule has 2 aromatic rings. The van der Waals surface area contributed by atoms with E-state index in [9.17, 15) is 13.2 Å². The predicted molar refractivity (Wildman–Crippen MR) is 119 cm³/mol. The van der Waals surface area contributed by atoms with Gasteiger partial charge in [0.2, 0.25) is 15.9 Å². The third kappa shape index (κ3) is 5.57. The highest BCUT2D eigenvalue weighted by Crippen LogP contribution is 2.28. The number of nitrogens with one attached hydrogen (secondary N) is 1. The number of hydrogen-bond donors (Lipinski definition) is 1. The Bertz CT molecular complexity index is 1040. The molecule has 2 aromatic carbocycles. The highest BCUT2D eigenvalue weighted by molar-refractivity contribution is 7.89. The Hall–Kier alpha value is -2.58. The summed E-state index contributed by atoms with van der Waals surface area (Å²) in [6.07, 6.45) is 1.43. The fourth-order valence-electron chi connectivity index (χ4n) is 3.69. The number of hydrogen-bond acceptors (Lipinski definition) is 5. The average Bonchev–Trinajstić information content (AvgIpc) is 2.75. The highest BCUT2D eigenvalue weighted by atomic mass is 32.2. The Morgan fingerprint density at radius 2 is 1.68 bits per heavy atom. The van der Waals surface area contributed by atoms with Crippen molar-refractivity contribution in [3.63, 3.8) is 0 Å². The molecular weight excluding hydrogens is 416 g/mol. The number of amides is 1. The zero-order valence-corrected chi connectivity index (χ0v) is 19.3. The van der Waals surface area contributed by atoms with Crippen LogP contribution >= 0.6 is 0 Å². The van der Waals surface area contributed by atoms with Crippen molar-refractivity contribution in [2.75, 3.05) is 27.3 Å². The first kappa shape index (κ1) is 23.1. The fraction of sp³-hybridized carbons (Fsp3) is 0.435. The van der Waals surface area contributed by atoms with Crippen LogP contribution in [0, 0.1) is 13.8 Å². The first-order valence-electron chi connectivity index (χ1n) is 10.3. The summed E-state index contributed by atoms with van der Waals surface area (Å²) in [4.78, 5) is 14.8. The molecule has 0 unspecified atom stereocenters. The molecule has 1 aliphatic rings. The number of carbonyl (C=O) groups excluding carboxylic acids is 1. The van der Waals surface area contributed by atoms with Crippen LogP contribution in [-0.2, 0) is 21.2 Å². The lowest BCUT2D eigenvalue weighted by Crippen LogP contribution is -2.46. The summed E-state index contributed by atoms with van der Waals surface area (Å²) >= 11 is 0. The largest absolute Gasteiger partial charge is 0.493 e. The topological polar surface area (TPSA) is 84.9 Å². The van der Waals surface area contributed by atoms with E-state index >= 15 is 0 Å². The molecular formula is C23H30N2O5S. The van der Waals surface area contributed by atoms with E-state index < -0.39 is 10.0 Å². The molecule has 1 N–H and O–H groups in total. The minimum atomic E-state index is -3.58. The molecule has 0 radical (unpaired) electrons. The van der Waals surface area contributed by atoms with Gasteiger partial charge in [0.1, 0.15) is 0 Å². The maximum Gasteiger partial charge on any atom is 0.240 e. The van der Waals surface area contributed by atoms with Crippen LogP contribution in [0.5, 0.6) is 11.5 Å². The number of benzene rings is 2. The van der Waals surface area contributed by atoms with Gasteiger partial charge in [0, 0.05) is 19.1 Å². The number of methoxy groups -OCH3 is 2. The van der Waals surface area contributed by atoms with Gasteiger partial charge >= 0.3 is 0 Å². The van der Waals surface area contributed by atoms with Crippen LogP contribution in [0.25, 0.3) is 0 Å². The summed E-state index contributed by atoms with van der Waals surface area (Å²) in [6.45, 7) is 4.89. The monoisotopic (exact) mass is 446 g/mol. The van der Waals surface area contributed by atoms with E-state index in [-0.39, 0.29) is 23.3 Å². The van der Waals surface area contributed by atoms with Gasteiger partial charge in [-0.3, -0.25) is 4.79 Å². The van der Waals surface area contributed by atoms with Gasteiger partial charge in [-0.25, -0.2) is 13.1 Å². The minimum Gasteiger partial charge on any atom is -0.493 e. The second kappa shape index (κ2) is 9.70. The first-order valence-corrected chi connectivity index (χ1v) is 11.8. The maximum atomic E-state index is 12.7. The van der Waals surface area contributed by atoms with Gasteiger partial charge in [0.15, 0.2) is 11.5 Å². The van der Waals surface area contributed by atoms with Crippen molar-refractivity contribution in [3.8, 4) is 11.5 Å². The molecule has 7 nitrogen and oxygen atoms in total. The van der Waals surface area contributed by atoms with Gasteiger partial charge in [-0.15, -0.1) is 0 Å². The predicted octanol–water partition coefficient (Wildman–Crippen LogP) is 2.83. The third-order valence-corrected chi connectivity index (χ3v) is 7.28. The molecule has 0 bridgehead atoms. The van der Waals surface area contributed by atoms with Crippen LogP contribution in [-0.4, -0.2) is 52.6 Å². The normalized spacial score (nSPS) is 15.0. The molecule has 0 aliphatic carbocycles. The van der Waals surface area contributed by atoms with Gasteiger partial charge in [-0.05, 0) is 67.6 Å². The van der Waals surface area contributed by atoms with Crippen molar-refractivity contribution in [2.24, 2.45) is 0 Å². The van der Waals surface area contributed by atoms with Crippen LogP contribution in [0.1, 0.15) is 29.5 Å². The molecule has 31 heavy (non-hydrogen) atoms. The van der Waals surface area contributed by atoms with Crippen LogP contribution in [0.2, 0.25) is 0 Å². The van der Waals surface area contributed by atoms with E-state index in [0.29, 0.717) is 37.4 Å². The fourth-order valence-corrected chi connectivity index (χ4v) is 5.08. The molecule has 1 aliphatic heterocycles. The van der Waals surface area contributed by atoms with Gasteiger partial charge in [-0.1, -0.05) is 12.1 Å². The van der Waals surface area contributed by atoms with Gasteiger partial charge in [0.25, 0.3) is 0 Å². The van der Waals surface area contributed by atoms with E-state index in [2.05, 4.69) is 4.72 Å². The second-order valence-corrected chi connectivity index (χ2v) is 9.60. The summed E-state index contributed by atoms with van der Waals surface area (Å²) in [7, 11) is -0.446. The van der Waals surface area contributed by atoms with Crippen LogP contribution < -0.4 is 14.2 Å².